The third-order valence-corrected chi connectivity index (χ3v) is 4.70. The summed E-state index contributed by atoms with van der Waals surface area (Å²) >= 11 is 0. The van der Waals surface area contributed by atoms with E-state index in [1.54, 1.807) is 11.8 Å². The molecule has 0 bridgehead atoms. The molecule has 2 aromatic carbocycles. The largest absolute Gasteiger partial charge is 0.438 e. The maximum Gasteiger partial charge on any atom is 0.293 e. The molecule has 0 saturated carbocycles. The Balaban J connectivity index is 2.02. The van der Waals surface area contributed by atoms with E-state index in [4.69, 9.17) is 4.74 Å². The molecule has 1 heterocycles. The van der Waals surface area contributed by atoms with Crippen molar-refractivity contribution in [2.45, 2.75) is 34.1 Å². The molecule has 1 aliphatic rings. The molecular weight excluding hydrogens is 360 g/mol. The zero-order chi connectivity index (χ0) is 21.0. The highest BCUT2D eigenvalue weighted by Gasteiger charge is 2.23. The maximum absolute atomic E-state index is 13.4. The lowest BCUT2D eigenvalue weighted by atomic mass is 10.1. The van der Waals surface area contributed by atoms with E-state index < -0.39 is 0 Å². The lowest BCUT2D eigenvalue weighted by Crippen LogP contribution is -2.34. The maximum atomic E-state index is 13.4. The Kier molecular flexibility index (Phi) is 6.32. The molecule has 4 heteroatoms. The Hall–Kier alpha value is -3.14. The van der Waals surface area contributed by atoms with Crippen LogP contribution in [0.2, 0.25) is 0 Å². The fraction of sp³-hybridized carbons (Fsp3) is 0.280. The van der Waals surface area contributed by atoms with Gasteiger partial charge in [0.1, 0.15) is 0 Å². The van der Waals surface area contributed by atoms with E-state index in [1.165, 1.54) is 0 Å². The first-order chi connectivity index (χ1) is 13.9. The van der Waals surface area contributed by atoms with E-state index >= 15 is 0 Å². The second-order valence-corrected chi connectivity index (χ2v) is 7.48. The molecule has 0 spiro atoms. The number of fused-ring (bicyclic) bond motifs is 1. The summed E-state index contributed by atoms with van der Waals surface area (Å²) in [5, 5.41) is 1.89. The van der Waals surface area contributed by atoms with Gasteiger partial charge in [0.15, 0.2) is 11.7 Å². The van der Waals surface area contributed by atoms with Gasteiger partial charge in [-0.05, 0) is 59.5 Å². The summed E-state index contributed by atoms with van der Waals surface area (Å²) in [4.78, 5) is 19.8. The molecule has 0 fully saturated rings. The standard InChI is InChI=1S/C25H28N2O2/c1-6-12-27(22-9-7-8-17(2)14-22)25(28)24-16-19(4)13-21-11-10-18(3)15-23(21)26-20(5)29-24/h7-11,13-16,19H,3,6,12H2,1-2,4-5H3/b21-13-,24-16?,26-20?. The van der Waals surface area contributed by atoms with Crippen molar-refractivity contribution in [3.8, 4) is 0 Å². The molecule has 0 radical (unpaired) electrons. The topological polar surface area (TPSA) is 41.9 Å². The van der Waals surface area contributed by atoms with Crippen molar-refractivity contribution in [2.24, 2.45) is 10.9 Å². The zero-order valence-electron chi connectivity index (χ0n) is 17.6. The van der Waals surface area contributed by atoms with E-state index in [2.05, 4.69) is 24.6 Å². The van der Waals surface area contributed by atoms with Crippen LogP contribution in [0.4, 0.5) is 11.4 Å². The summed E-state index contributed by atoms with van der Waals surface area (Å²) in [7, 11) is 0. The first kappa shape index (κ1) is 20.6. The van der Waals surface area contributed by atoms with E-state index in [-0.39, 0.29) is 11.8 Å². The summed E-state index contributed by atoms with van der Waals surface area (Å²) in [6, 6.07) is 13.9. The van der Waals surface area contributed by atoms with Crippen LogP contribution in [0.25, 0.3) is 12.7 Å². The number of allylic oxidation sites excluding steroid dienone is 1. The molecule has 0 N–H and O–H groups in total. The lowest BCUT2D eigenvalue weighted by molar-refractivity contribution is -0.117. The SMILES string of the molecule is C=c1cc/c2c(c1)N=C(C)OC(C(=O)N(CCC)c1cccc(C)c1)=CC(C)\C=2. The molecule has 1 aliphatic heterocycles. The predicted molar refractivity (Wildman–Crippen MR) is 121 cm³/mol. The van der Waals surface area contributed by atoms with Crippen molar-refractivity contribution in [1.29, 1.82) is 0 Å². The number of amides is 1. The summed E-state index contributed by atoms with van der Waals surface area (Å²) in [6.07, 6.45) is 4.80. The fourth-order valence-corrected chi connectivity index (χ4v) is 3.40. The van der Waals surface area contributed by atoms with Crippen molar-refractivity contribution in [1.82, 2.24) is 0 Å². The monoisotopic (exact) mass is 388 g/mol. The number of ether oxygens (including phenoxy) is 1. The van der Waals surface area contributed by atoms with Gasteiger partial charge in [0.2, 0.25) is 0 Å². The van der Waals surface area contributed by atoms with Gasteiger partial charge in [-0.1, -0.05) is 50.8 Å². The number of anilines is 1. The second kappa shape index (κ2) is 8.91. The van der Waals surface area contributed by atoms with Gasteiger partial charge in [-0.15, -0.1) is 0 Å². The number of benzene rings is 2. The Morgan fingerprint density at radius 1 is 1.17 bits per heavy atom. The van der Waals surface area contributed by atoms with Crippen LogP contribution in [-0.4, -0.2) is 18.3 Å². The van der Waals surface area contributed by atoms with Gasteiger partial charge >= 0.3 is 0 Å². The average molecular weight is 389 g/mol. The van der Waals surface area contributed by atoms with Gasteiger partial charge in [-0.3, -0.25) is 4.79 Å². The first-order valence-electron chi connectivity index (χ1n) is 10.0. The number of hydrogen-bond acceptors (Lipinski definition) is 3. The minimum absolute atomic E-state index is 0.00505. The van der Waals surface area contributed by atoms with E-state index in [1.807, 2.05) is 62.4 Å². The fourth-order valence-electron chi connectivity index (χ4n) is 3.40. The van der Waals surface area contributed by atoms with Crippen molar-refractivity contribution >= 4 is 35.8 Å². The van der Waals surface area contributed by atoms with Crippen LogP contribution in [0.3, 0.4) is 0 Å². The quantitative estimate of drug-likeness (QED) is 0.787. The molecule has 1 atom stereocenters. The number of carbonyl (C=O) groups excluding carboxylic acids is 1. The van der Waals surface area contributed by atoms with Crippen LogP contribution in [0, 0.1) is 12.8 Å². The highest BCUT2D eigenvalue weighted by atomic mass is 16.5. The molecule has 2 aromatic rings. The summed E-state index contributed by atoms with van der Waals surface area (Å²) in [5.41, 5.74) is 2.78. The van der Waals surface area contributed by atoms with Gasteiger partial charge in [0.25, 0.3) is 5.91 Å². The lowest BCUT2D eigenvalue weighted by Gasteiger charge is -2.24. The van der Waals surface area contributed by atoms with Crippen molar-refractivity contribution in [3.63, 3.8) is 0 Å². The molecule has 0 aromatic heterocycles. The molecule has 29 heavy (non-hydrogen) atoms. The molecule has 0 saturated heterocycles. The van der Waals surface area contributed by atoms with E-state index in [9.17, 15) is 4.79 Å². The van der Waals surface area contributed by atoms with Gasteiger partial charge < -0.3 is 9.64 Å². The molecular formula is C25H28N2O2. The molecule has 0 aliphatic carbocycles. The van der Waals surface area contributed by atoms with Gasteiger partial charge in [0.05, 0.1) is 5.69 Å². The number of carbonyl (C=O) groups is 1. The molecule has 1 unspecified atom stereocenters. The smallest absolute Gasteiger partial charge is 0.293 e. The van der Waals surface area contributed by atoms with Crippen LogP contribution in [0.1, 0.15) is 32.8 Å². The van der Waals surface area contributed by atoms with E-state index in [0.717, 1.165) is 33.8 Å². The minimum Gasteiger partial charge on any atom is -0.438 e. The normalized spacial score (nSPS) is 17.2. The predicted octanol–water partition coefficient (Wildman–Crippen LogP) is 4.23. The Bertz CT molecular complexity index is 1080. The molecule has 150 valence electrons. The first-order valence-corrected chi connectivity index (χ1v) is 10.0. The minimum atomic E-state index is -0.156. The number of nitrogens with zero attached hydrogens (tertiary/aromatic N) is 2. The van der Waals surface area contributed by atoms with Crippen LogP contribution in [0.15, 0.2) is 59.3 Å². The molecule has 4 nitrogen and oxygen atoms in total. The van der Waals surface area contributed by atoms with Gasteiger partial charge in [0, 0.05) is 19.2 Å². The Labute approximate surface area is 172 Å². The summed E-state index contributed by atoms with van der Waals surface area (Å²) < 4.78 is 5.96. The average Bonchev–Trinajstić information content (AvgIpc) is 2.72. The zero-order valence-corrected chi connectivity index (χ0v) is 17.6. The van der Waals surface area contributed by atoms with Gasteiger partial charge in [-0.2, -0.15) is 0 Å². The summed E-state index contributed by atoms with van der Waals surface area (Å²) in [6.45, 7) is 12.5. The van der Waals surface area contributed by atoms with Crippen LogP contribution in [0.5, 0.6) is 0 Å². The van der Waals surface area contributed by atoms with Crippen LogP contribution >= 0.6 is 0 Å². The van der Waals surface area contributed by atoms with Crippen molar-refractivity contribution in [3.05, 3.63) is 70.3 Å². The highest BCUT2D eigenvalue weighted by molar-refractivity contribution is 6.05. The number of hydrogen-bond donors (Lipinski definition) is 0. The number of aryl methyl sites for hydroxylation is 1. The Morgan fingerprint density at radius 2 is 1.97 bits per heavy atom. The van der Waals surface area contributed by atoms with Gasteiger partial charge in [-0.25, -0.2) is 4.99 Å². The van der Waals surface area contributed by atoms with Crippen LogP contribution < -0.4 is 15.3 Å². The third kappa shape index (κ3) is 5.02. The Morgan fingerprint density at radius 3 is 2.69 bits per heavy atom. The van der Waals surface area contributed by atoms with Crippen molar-refractivity contribution in [2.75, 3.05) is 11.4 Å². The second-order valence-electron chi connectivity index (χ2n) is 7.48. The molecule has 1 amide bonds. The third-order valence-electron chi connectivity index (χ3n) is 4.70. The van der Waals surface area contributed by atoms with E-state index in [0.29, 0.717) is 18.2 Å². The number of aliphatic imine (C=N–C) groups is 1. The van der Waals surface area contributed by atoms with Crippen LogP contribution in [-0.2, 0) is 9.53 Å². The number of rotatable bonds is 4. The van der Waals surface area contributed by atoms with Crippen molar-refractivity contribution < 1.29 is 9.53 Å². The summed E-state index contributed by atoms with van der Waals surface area (Å²) in [5.74, 6) is 0.578. The molecule has 3 rings (SSSR count). The highest BCUT2D eigenvalue weighted by Crippen LogP contribution is 2.21.